The first-order chi connectivity index (χ1) is 20.5. The normalized spacial score (nSPS) is 40.8. The van der Waals surface area contributed by atoms with Gasteiger partial charge in [0.1, 0.15) is 17.8 Å². The fourth-order valence-corrected chi connectivity index (χ4v) is 6.92. The Balaban J connectivity index is 1.79. The number of aromatic amines is 1. The van der Waals surface area contributed by atoms with Crippen LogP contribution in [-0.4, -0.2) is 128 Å². The number of hydrogen-bond acceptors (Lipinski definition) is 11. The van der Waals surface area contributed by atoms with Crippen molar-refractivity contribution in [2.75, 3.05) is 27.2 Å². The Morgan fingerprint density at radius 3 is 2.52 bits per heavy atom. The molecule has 0 radical (unpaired) electrons. The van der Waals surface area contributed by atoms with E-state index >= 15 is 0 Å². The van der Waals surface area contributed by atoms with Crippen molar-refractivity contribution in [3.05, 3.63) is 11.9 Å². The van der Waals surface area contributed by atoms with E-state index in [0.717, 1.165) is 25.1 Å². The van der Waals surface area contributed by atoms with E-state index in [1.165, 1.54) is 6.92 Å². The van der Waals surface area contributed by atoms with Crippen LogP contribution >= 0.6 is 0 Å². The van der Waals surface area contributed by atoms with Gasteiger partial charge in [0.15, 0.2) is 6.29 Å². The molecule has 12 nitrogen and oxygen atoms in total. The second-order valence-electron chi connectivity index (χ2n) is 14.1. The summed E-state index contributed by atoms with van der Waals surface area (Å²) in [6.45, 7) is 14.3. The van der Waals surface area contributed by atoms with Gasteiger partial charge in [0.25, 0.3) is 0 Å². The van der Waals surface area contributed by atoms with Gasteiger partial charge in [-0.2, -0.15) is 15.4 Å². The summed E-state index contributed by atoms with van der Waals surface area (Å²) < 4.78 is 18.7. The van der Waals surface area contributed by atoms with Crippen molar-refractivity contribution in [1.82, 2.24) is 25.2 Å². The molecule has 0 amide bonds. The number of H-pyrrole nitrogens is 1. The van der Waals surface area contributed by atoms with Crippen molar-refractivity contribution in [2.24, 2.45) is 11.8 Å². The van der Waals surface area contributed by atoms with Crippen molar-refractivity contribution in [1.29, 1.82) is 0 Å². The Labute approximate surface area is 263 Å². The molecular weight excluding hydrogens is 566 g/mol. The van der Waals surface area contributed by atoms with E-state index < -0.39 is 53.7 Å². The Morgan fingerprint density at radius 2 is 1.89 bits per heavy atom. The molecule has 0 aliphatic carbocycles. The van der Waals surface area contributed by atoms with Crippen LogP contribution in [0.15, 0.2) is 6.20 Å². The fraction of sp³-hybridized carbons (Fsp3) is 0.906. The number of likely N-dealkylation sites (N-methyl/N-ethyl adjacent to an activating group) is 2. The summed E-state index contributed by atoms with van der Waals surface area (Å²) in [6, 6.07) is -0.189. The molecule has 3 rings (SSSR count). The molecule has 4 N–H and O–H groups in total. The molecule has 12 heteroatoms. The molecule has 1 aromatic rings. The number of aromatic nitrogens is 3. The van der Waals surface area contributed by atoms with E-state index in [2.05, 4.69) is 34.3 Å². The minimum Gasteiger partial charge on any atom is -0.459 e. The molecule has 2 aliphatic heterocycles. The number of esters is 1. The number of hydrogen-bond donors (Lipinski definition) is 4. The third kappa shape index (κ3) is 9.67. The second-order valence-corrected chi connectivity index (χ2v) is 14.1. The number of aliphatic hydroxyl groups excluding tert-OH is 1. The molecule has 254 valence electrons. The van der Waals surface area contributed by atoms with Crippen LogP contribution < -0.4 is 0 Å². The average Bonchev–Trinajstić information content (AvgIpc) is 3.48. The summed E-state index contributed by atoms with van der Waals surface area (Å²) in [7, 11) is 4.00. The molecule has 44 heavy (non-hydrogen) atoms. The number of nitrogens with zero attached hydrogens (tertiary/aromatic N) is 4. The van der Waals surface area contributed by atoms with Gasteiger partial charge in [-0.05, 0) is 79.8 Å². The maximum Gasteiger partial charge on any atom is 0.309 e. The Morgan fingerprint density at radius 1 is 1.18 bits per heavy atom. The molecule has 1 aromatic heterocycles. The minimum absolute atomic E-state index is 0.0198. The Kier molecular flexibility index (Phi) is 13.2. The van der Waals surface area contributed by atoms with Crippen LogP contribution in [0.3, 0.4) is 0 Å². The molecule has 0 saturated carbocycles. The van der Waals surface area contributed by atoms with E-state index in [-0.39, 0.29) is 18.1 Å². The van der Waals surface area contributed by atoms with Crippen LogP contribution in [0.2, 0.25) is 0 Å². The summed E-state index contributed by atoms with van der Waals surface area (Å²) in [5.74, 6) is -0.892. The highest BCUT2D eigenvalue weighted by Crippen LogP contribution is 2.34. The summed E-state index contributed by atoms with van der Waals surface area (Å²) in [4.78, 5) is 17.5. The van der Waals surface area contributed by atoms with E-state index in [1.807, 2.05) is 32.7 Å². The largest absolute Gasteiger partial charge is 0.459 e. The molecular formula is C32H59N5O7. The molecule has 0 spiro atoms. The molecule has 0 unspecified atom stereocenters. The lowest BCUT2D eigenvalue weighted by Crippen LogP contribution is -2.59. The number of carbonyl (C=O) groups is 1. The molecule has 11 atom stereocenters. The van der Waals surface area contributed by atoms with Gasteiger partial charge >= 0.3 is 5.97 Å². The smallest absolute Gasteiger partial charge is 0.309 e. The van der Waals surface area contributed by atoms with Crippen LogP contribution in [0, 0.1) is 11.8 Å². The van der Waals surface area contributed by atoms with Crippen molar-refractivity contribution in [2.45, 2.75) is 147 Å². The predicted octanol–water partition coefficient (Wildman–Crippen LogP) is 2.52. The summed E-state index contributed by atoms with van der Waals surface area (Å²) in [5, 5.41) is 45.2. The fourth-order valence-electron chi connectivity index (χ4n) is 6.92. The number of cyclic esters (lactones) is 1. The first-order valence-electron chi connectivity index (χ1n) is 16.4. The van der Waals surface area contributed by atoms with E-state index in [1.54, 1.807) is 20.0 Å². The molecule has 2 saturated heterocycles. The van der Waals surface area contributed by atoms with Gasteiger partial charge in [-0.25, -0.2) is 0 Å². The van der Waals surface area contributed by atoms with Gasteiger partial charge in [0.2, 0.25) is 0 Å². The highest BCUT2D eigenvalue weighted by atomic mass is 16.7. The third-order valence-corrected chi connectivity index (χ3v) is 9.93. The Hall–Kier alpha value is -1.67. The molecule has 3 heterocycles. The highest BCUT2D eigenvalue weighted by molar-refractivity contribution is 5.72. The SMILES string of the molecule is CC[C@H]1OC(=O)[C@H](C)CC[C@@H](O[C@H]2C[C@@H](N(C)CCc3cn[nH]n3)C[C@@H](C)O2)[C@](C)(O)C[C@@H](C)CN(C)[C@H](C)[C@@H](O)[C@]1(C)O. The highest BCUT2D eigenvalue weighted by Gasteiger charge is 2.45. The summed E-state index contributed by atoms with van der Waals surface area (Å²) in [6.07, 6.45) is 2.59. The van der Waals surface area contributed by atoms with Crippen molar-refractivity contribution in [3.8, 4) is 0 Å². The van der Waals surface area contributed by atoms with Crippen LogP contribution in [0.1, 0.15) is 92.7 Å². The Bertz CT molecular complexity index is 1010. The summed E-state index contributed by atoms with van der Waals surface area (Å²) in [5.41, 5.74) is -1.92. The van der Waals surface area contributed by atoms with Gasteiger partial charge < -0.3 is 39.3 Å². The molecule has 0 aromatic carbocycles. The topological polar surface area (TPSA) is 154 Å². The second kappa shape index (κ2) is 15.8. The number of aliphatic hydroxyl groups is 3. The number of rotatable bonds is 7. The van der Waals surface area contributed by atoms with Crippen LogP contribution in [0.4, 0.5) is 0 Å². The monoisotopic (exact) mass is 625 g/mol. The minimum atomic E-state index is -1.63. The summed E-state index contributed by atoms with van der Waals surface area (Å²) >= 11 is 0. The zero-order valence-corrected chi connectivity index (χ0v) is 28.4. The number of nitrogens with one attached hydrogen (secondary N) is 1. The maximum absolute atomic E-state index is 13.2. The first kappa shape index (κ1) is 36.8. The lowest BCUT2D eigenvalue weighted by atomic mass is 9.84. The standard InChI is InChI=1S/C32H59N5O7/c1-10-26-32(7,41)29(38)23(5)37(9)19-20(2)17-31(6,40)27(12-11-21(3)30(39)44-26)43-28-16-25(15-22(4)42-28)36(8)14-13-24-18-33-35-34-24/h18,20-23,25-29,38,40-41H,10-17,19H2,1-9H3,(H,33,34,35)/t20-,21-,22-,23-,25+,26-,27-,28+,29-,31-,32-/m1/s1. The van der Waals surface area contributed by atoms with Gasteiger partial charge in [0.05, 0.1) is 35.6 Å². The molecule has 0 bridgehead atoms. The molecule has 2 aliphatic rings. The van der Waals surface area contributed by atoms with E-state index in [4.69, 9.17) is 14.2 Å². The van der Waals surface area contributed by atoms with Gasteiger partial charge in [-0.15, -0.1) is 0 Å². The number of ether oxygens (including phenoxy) is 3. The maximum atomic E-state index is 13.2. The quantitative estimate of drug-likeness (QED) is 0.331. The lowest BCUT2D eigenvalue weighted by Gasteiger charge is -2.43. The first-order valence-corrected chi connectivity index (χ1v) is 16.4. The number of carbonyl (C=O) groups excluding carboxylic acids is 1. The van der Waals surface area contributed by atoms with Crippen molar-refractivity contribution in [3.63, 3.8) is 0 Å². The average molecular weight is 626 g/mol. The van der Waals surface area contributed by atoms with Gasteiger partial charge in [-0.1, -0.05) is 20.8 Å². The zero-order valence-electron chi connectivity index (χ0n) is 28.4. The van der Waals surface area contributed by atoms with Gasteiger partial charge in [-0.3, -0.25) is 4.79 Å². The zero-order chi connectivity index (χ0) is 32.8. The molecule has 2 fully saturated rings. The van der Waals surface area contributed by atoms with Crippen LogP contribution in [0.25, 0.3) is 0 Å². The van der Waals surface area contributed by atoms with Gasteiger partial charge in [0, 0.05) is 38.0 Å². The van der Waals surface area contributed by atoms with Crippen molar-refractivity contribution >= 4 is 5.97 Å². The predicted molar refractivity (Wildman–Crippen MR) is 167 cm³/mol. The third-order valence-electron chi connectivity index (χ3n) is 9.93. The van der Waals surface area contributed by atoms with E-state index in [9.17, 15) is 20.1 Å². The lowest BCUT2D eigenvalue weighted by molar-refractivity contribution is -0.253. The van der Waals surface area contributed by atoms with Crippen LogP contribution in [0.5, 0.6) is 0 Å². The van der Waals surface area contributed by atoms with Crippen molar-refractivity contribution < 1.29 is 34.3 Å². The van der Waals surface area contributed by atoms with Crippen LogP contribution in [-0.2, 0) is 25.4 Å². The van der Waals surface area contributed by atoms with E-state index in [0.29, 0.717) is 38.6 Å².